The quantitative estimate of drug-likeness (QED) is 0.578. The largest absolute Gasteiger partial charge is 0.399 e. The van der Waals surface area contributed by atoms with Crippen molar-refractivity contribution in [2.24, 2.45) is 0 Å². The Morgan fingerprint density at radius 2 is 2.07 bits per heavy atom. The molecule has 0 heterocycles. The maximum absolute atomic E-state index is 13.3. The van der Waals surface area contributed by atoms with Gasteiger partial charge in [0.05, 0.1) is 6.10 Å². The van der Waals surface area contributed by atoms with Gasteiger partial charge in [0, 0.05) is 16.6 Å². The summed E-state index contributed by atoms with van der Waals surface area (Å²) in [6, 6.07) is 3.99. The normalized spacial score (nSPS) is 14.9. The second-order valence-corrected chi connectivity index (χ2v) is 4.06. The number of rotatable bonds is 4. The number of nitrogen functional groups attached to an aromatic ring is 1. The van der Waals surface area contributed by atoms with Crippen molar-refractivity contribution in [3.8, 4) is 0 Å². The van der Waals surface area contributed by atoms with E-state index in [0.29, 0.717) is 17.4 Å². The highest BCUT2D eigenvalue weighted by atomic mass is 79.9. The van der Waals surface area contributed by atoms with Crippen molar-refractivity contribution in [2.45, 2.75) is 18.6 Å². The molecule has 0 saturated heterocycles. The molecule has 4 N–H and O–H groups in total. The van der Waals surface area contributed by atoms with Gasteiger partial charge in [-0.25, -0.2) is 4.39 Å². The third-order valence-corrected chi connectivity index (χ3v) is 2.57. The van der Waals surface area contributed by atoms with E-state index in [9.17, 15) is 14.6 Å². The minimum absolute atomic E-state index is 0.0673. The maximum atomic E-state index is 13.3. The van der Waals surface area contributed by atoms with Crippen LogP contribution in [0.5, 0.6) is 0 Å². The first-order valence-corrected chi connectivity index (χ1v) is 5.65. The number of halogens is 2. The highest BCUT2D eigenvalue weighted by Crippen LogP contribution is 2.23. The summed E-state index contributed by atoms with van der Waals surface area (Å²) in [4.78, 5) is 0. The molecule has 2 unspecified atom stereocenters. The van der Waals surface area contributed by atoms with Crippen molar-refractivity contribution < 1.29 is 14.6 Å². The lowest BCUT2D eigenvalue weighted by Crippen LogP contribution is -2.19. The van der Waals surface area contributed by atoms with Crippen LogP contribution in [-0.2, 0) is 0 Å². The Morgan fingerprint density at radius 1 is 1.40 bits per heavy atom. The molecule has 15 heavy (non-hydrogen) atoms. The van der Waals surface area contributed by atoms with Crippen LogP contribution in [-0.4, -0.2) is 21.6 Å². The van der Waals surface area contributed by atoms with Crippen molar-refractivity contribution in [1.82, 2.24) is 0 Å². The number of hydrogen-bond donors (Lipinski definition) is 3. The number of hydrogen-bond acceptors (Lipinski definition) is 3. The molecule has 0 aromatic heterocycles. The highest BCUT2D eigenvalue weighted by molar-refractivity contribution is 9.09. The Kier molecular flexibility index (Phi) is 4.50. The first kappa shape index (κ1) is 12.4. The van der Waals surface area contributed by atoms with Gasteiger partial charge in [-0.2, -0.15) is 0 Å². The molecule has 0 aliphatic carbocycles. The average Bonchev–Trinajstić information content (AvgIpc) is 2.17. The van der Waals surface area contributed by atoms with Crippen LogP contribution >= 0.6 is 15.9 Å². The first-order valence-electron chi connectivity index (χ1n) is 4.53. The summed E-state index contributed by atoms with van der Waals surface area (Å²) in [5.41, 5.74) is 5.73. The smallest absolute Gasteiger partial charge is 0.131 e. The van der Waals surface area contributed by atoms with Crippen molar-refractivity contribution in [3.63, 3.8) is 0 Å². The summed E-state index contributed by atoms with van der Waals surface area (Å²) in [5, 5.41) is 19.7. The molecule has 0 aliphatic rings. The lowest BCUT2D eigenvalue weighted by atomic mass is 10.0. The zero-order chi connectivity index (χ0) is 11.4. The van der Waals surface area contributed by atoms with Crippen LogP contribution in [0.25, 0.3) is 0 Å². The molecule has 0 radical (unpaired) electrons. The van der Waals surface area contributed by atoms with Crippen LogP contribution in [0.4, 0.5) is 10.1 Å². The van der Waals surface area contributed by atoms with Crippen molar-refractivity contribution in [2.75, 3.05) is 11.1 Å². The third-order valence-electron chi connectivity index (χ3n) is 2.11. The zero-order valence-electron chi connectivity index (χ0n) is 8.03. The van der Waals surface area contributed by atoms with Crippen LogP contribution < -0.4 is 5.73 Å². The third kappa shape index (κ3) is 3.15. The summed E-state index contributed by atoms with van der Waals surface area (Å²) in [7, 11) is 0. The van der Waals surface area contributed by atoms with Gasteiger partial charge in [-0.05, 0) is 18.6 Å². The second kappa shape index (κ2) is 5.44. The summed E-state index contributed by atoms with van der Waals surface area (Å²) in [5.74, 6) is -0.601. The summed E-state index contributed by atoms with van der Waals surface area (Å²) in [6.45, 7) is 0. The Bertz CT molecular complexity index is 335. The average molecular weight is 278 g/mol. The monoisotopic (exact) mass is 277 g/mol. The number of anilines is 1. The lowest BCUT2D eigenvalue weighted by Gasteiger charge is -2.17. The van der Waals surface area contributed by atoms with Crippen molar-refractivity contribution in [3.05, 3.63) is 29.6 Å². The minimum atomic E-state index is -1.22. The molecule has 5 heteroatoms. The van der Waals surface area contributed by atoms with E-state index < -0.39 is 18.0 Å². The number of benzene rings is 1. The Balaban J connectivity index is 2.86. The number of aliphatic hydroxyl groups excluding tert-OH is 2. The van der Waals surface area contributed by atoms with Gasteiger partial charge in [0.15, 0.2) is 0 Å². The van der Waals surface area contributed by atoms with E-state index in [-0.39, 0.29) is 5.56 Å². The Morgan fingerprint density at radius 3 is 2.60 bits per heavy atom. The SMILES string of the molecule is Nc1ccc(C(O)C(O)CCBr)c(F)c1. The zero-order valence-corrected chi connectivity index (χ0v) is 9.61. The molecule has 0 fully saturated rings. The van der Waals surface area contributed by atoms with Gasteiger partial charge in [-0.1, -0.05) is 22.0 Å². The van der Waals surface area contributed by atoms with Crippen LogP contribution in [0, 0.1) is 5.82 Å². The van der Waals surface area contributed by atoms with Gasteiger partial charge in [-0.3, -0.25) is 0 Å². The standard InChI is InChI=1S/C10H13BrFNO2/c11-4-3-9(14)10(15)7-2-1-6(13)5-8(7)12/h1-2,5,9-10,14-15H,3-4,13H2. The van der Waals surface area contributed by atoms with E-state index in [2.05, 4.69) is 15.9 Å². The molecule has 3 nitrogen and oxygen atoms in total. The second-order valence-electron chi connectivity index (χ2n) is 3.27. The molecule has 1 aromatic rings. The molecule has 1 rings (SSSR count). The van der Waals surface area contributed by atoms with E-state index in [0.717, 1.165) is 6.07 Å². The predicted octanol–water partition coefficient (Wildman–Crippen LogP) is 1.59. The number of nitrogens with two attached hydrogens (primary N) is 1. The van der Waals surface area contributed by atoms with Gasteiger partial charge in [-0.15, -0.1) is 0 Å². The molecule has 1 aromatic carbocycles. The van der Waals surface area contributed by atoms with Crippen LogP contribution in [0.3, 0.4) is 0 Å². The maximum Gasteiger partial charge on any atom is 0.131 e. The molecule has 0 saturated carbocycles. The minimum Gasteiger partial charge on any atom is -0.399 e. The molecule has 0 amide bonds. The summed E-state index contributed by atoms with van der Waals surface area (Å²) < 4.78 is 13.3. The van der Waals surface area contributed by atoms with Gasteiger partial charge in [0.1, 0.15) is 11.9 Å². The fraction of sp³-hybridized carbons (Fsp3) is 0.400. The molecular weight excluding hydrogens is 265 g/mol. The van der Waals surface area contributed by atoms with E-state index >= 15 is 0 Å². The van der Waals surface area contributed by atoms with Crippen LogP contribution in [0.15, 0.2) is 18.2 Å². The Labute approximate surface area is 95.9 Å². The van der Waals surface area contributed by atoms with Crippen molar-refractivity contribution in [1.29, 1.82) is 0 Å². The Hall–Kier alpha value is -0.650. The van der Waals surface area contributed by atoms with E-state index in [1.807, 2.05) is 0 Å². The molecule has 0 aliphatic heterocycles. The fourth-order valence-corrected chi connectivity index (χ4v) is 1.73. The predicted molar refractivity (Wildman–Crippen MR) is 60.2 cm³/mol. The fourth-order valence-electron chi connectivity index (χ4n) is 1.26. The lowest BCUT2D eigenvalue weighted by molar-refractivity contribution is 0.0153. The molecule has 2 atom stereocenters. The van der Waals surface area contributed by atoms with E-state index in [1.54, 1.807) is 0 Å². The van der Waals surface area contributed by atoms with Crippen LogP contribution in [0.2, 0.25) is 0 Å². The summed E-state index contributed by atoms with van der Waals surface area (Å²) >= 11 is 3.14. The number of aliphatic hydroxyl groups is 2. The topological polar surface area (TPSA) is 66.5 Å². The molecule has 84 valence electrons. The molecule has 0 spiro atoms. The highest BCUT2D eigenvalue weighted by Gasteiger charge is 2.20. The van der Waals surface area contributed by atoms with Gasteiger partial charge in [0.25, 0.3) is 0 Å². The van der Waals surface area contributed by atoms with Gasteiger partial charge < -0.3 is 15.9 Å². The van der Waals surface area contributed by atoms with Gasteiger partial charge >= 0.3 is 0 Å². The summed E-state index contributed by atoms with van der Waals surface area (Å²) in [6.07, 6.45) is -1.85. The van der Waals surface area contributed by atoms with E-state index in [1.165, 1.54) is 12.1 Å². The molecule has 0 bridgehead atoms. The van der Waals surface area contributed by atoms with Gasteiger partial charge in [0.2, 0.25) is 0 Å². The molecular formula is C10H13BrFNO2. The van der Waals surface area contributed by atoms with Crippen LogP contribution in [0.1, 0.15) is 18.1 Å². The van der Waals surface area contributed by atoms with Crippen molar-refractivity contribution >= 4 is 21.6 Å². The first-order chi connectivity index (χ1) is 7.06. The number of alkyl halides is 1. The van der Waals surface area contributed by atoms with E-state index in [4.69, 9.17) is 5.73 Å².